The maximum atomic E-state index is 13.6. The lowest BCUT2D eigenvalue weighted by Gasteiger charge is -2.38. The van der Waals surface area contributed by atoms with Crippen molar-refractivity contribution in [3.05, 3.63) is 74.5 Å². The molecular formula is C47H56N8O8S. The van der Waals surface area contributed by atoms with Gasteiger partial charge in [0.25, 0.3) is 23.3 Å². The Morgan fingerprint density at radius 2 is 1.55 bits per heavy atom. The summed E-state index contributed by atoms with van der Waals surface area (Å²) < 4.78 is 13.9. The van der Waals surface area contributed by atoms with Crippen LogP contribution in [0.25, 0.3) is 21.2 Å². The average molecular weight is 893 g/mol. The topological polar surface area (TPSA) is 166 Å². The molecule has 0 radical (unpaired) electrons. The van der Waals surface area contributed by atoms with Gasteiger partial charge in [-0.05, 0) is 106 Å². The number of imide groups is 2. The van der Waals surface area contributed by atoms with E-state index in [0.717, 1.165) is 104 Å². The Morgan fingerprint density at radius 1 is 0.875 bits per heavy atom. The van der Waals surface area contributed by atoms with Crippen molar-refractivity contribution in [1.29, 1.82) is 0 Å². The van der Waals surface area contributed by atoms with Crippen LogP contribution < -0.4 is 30.6 Å². The van der Waals surface area contributed by atoms with Crippen LogP contribution in [0, 0.1) is 11.3 Å². The fourth-order valence-electron chi connectivity index (χ4n) is 10.2. The third kappa shape index (κ3) is 8.18. The molecule has 2 aromatic carbocycles. The van der Waals surface area contributed by atoms with Gasteiger partial charge in [-0.25, -0.2) is 0 Å². The van der Waals surface area contributed by atoms with E-state index in [9.17, 15) is 28.8 Å². The smallest absolute Gasteiger partial charge is 0.262 e. The van der Waals surface area contributed by atoms with Crippen molar-refractivity contribution in [2.45, 2.75) is 44.7 Å². The summed E-state index contributed by atoms with van der Waals surface area (Å²) >= 11 is 1.34. The molecule has 1 saturated carbocycles. The van der Waals surface area contributed by atoms with Gasteiger partial charge in [0.05, 0.1) is 41.2 Å². The Hall–Kier alpha value is -5.62. The molecule has 0 bridgehead atoms. The van der Waals surface area contributed by atoms with Gasteiger partial charge in [0.2, 0.25) is 11.8 Å². The molecule has 6 heterocycles. The van der Waals surface area contributed by atoms with Crippen LogP contribution in [0.1, 0.15) is 68.1 Å². The second kappa shape index (κ2) is 17.4. The Kier molecular flexibility index (Phi) is 11.9. The molecule has 5 amide bonds. The van der Waals surface area contributed by atoms with Gasteiger partial charge in [0.1, 0.15) is 17.5 Å². The number of carbonyl (C=O) groups is 5. The zero-order chi connectivity index (χ0) is 45.0. The van der Waals surface area contributed by atoms with Gasteiger partial charge in [0, 0.05) is 88.0 Å². The number of fused-ring (bicyclic) bond motifs is 2. The molecule has 2 N–H and O–H groups in total. The Labute approximate surface area is 376 Å². The molecule has 338 valence electrons. The Morgan fingerprint density at radius 3 is 2.20 bits per heavy atom. The summed E-state index contributed by atoms with van der Waals surface area (Å²) in [6, 6.07) is 10.0. The first kappa shape index (κ1) is 43.6. The first-order chi connectivity index (χ1) is 30.8. The minimum Gasteiger partial charge on any atom is -0.496 e. The van der Waals surface area contributed by atoms with Crippen LogP contribution in [0.5, 0.6) is 11.5 Å². The third-order valence-corrected chi connectivity index (χ3v) is 15.2. The highest BCUT2D eigenvalue weighted by Gasteiger charge is 2.54. The molecule has 64 heavy (non-hydrogen) atoms. The number of pyridine rings is 1. The number of hydrogen-bond acceptors (Lipinski definition) is 13. The van der Waals surface area contributed by atoms with Gasteiger partial charge in [0.15, 0.2) is 0 Å². The number of aromatic nitrogens is 1. The monoisotopic (exact) mass is 892 g/mol. The van der Waals surface area contributed by atoms with Gasteiger partial charge in [-0.1, -0.05) is 0 Å². The van der Waals surface area contributed by atoms with Crippen molar-refractivity contribution in [1.82, 2.24) is 34.8 Å². The number of nitrogens with one attached hydrogen (secondary N) is 2. The van der Waals surface area contributed by atoms with Crippen molar-refractivity contribution < 1.29 is 33.4 Å². The van der Waals surface area contributed by atoms with E-state index >= 15 is 0 Å². The number of nitrogens with zero attached hydrogens (tertiary/aromatic N) is 6. The number of rotatable bonds is 13. The molecule has 4 aromatic rings. The van der Waals surface area contributed by atoms with Gasteiger partial charge in [-0.15, -0.1) is 11.3 Å². The van der Waals surface area contributed by atoms with Crippen molar-refractivity contribution in [3.63, 3.8) is 0 Å². The number of methoxy groups -OCH3 is 2. The molecule has 9 rings (SSSR count). The van der Waals surface area contributed by atoms with Crippen molar-refractivity contribution in [2.24, 2.45) is 18.4 Å². The highest BCUT2D eigenvalue weighted by Crippen LogP contribution is 2.59. The van der Waals surface area contributed by atoms with E-state index in [1.54, 1.807) is 44.0 Å². The molecule has 2 unspecified atom stereocenters. The number of likely N-dealkylation sites (tertiary alicyclic amines) is 1. The number of amides is 5. The minimum atomic E-state index is -0.977. The van der Waals surface area contributed by atoms with Crippen LogP contribution in [0.4, 0.5) is 5.69 Å². The standard InChI is InChI=1S/C47H56N8O8S/c1-50(2)26-35-37(62-4)20-28(21-38(35)63-5)34-27-51(3)44(59)33-23-39(64-41(33)34)43(58)48-25-29-24-47(29)10-12-52(13-11-47)14-15-53-16-18-54(19-17-53)30-6-7-31-32(22-30)46(61)55(45(31)60)36-8-9-40(56)49-42(36)57/h6-7,20-23,27,29,36H,8-19,24-26H2,1-5H3,(H,48,58)(H,49,56,57). The summed E-state index contributed by atoms with van der Waals surface area (Å²) in [5.74, 6) is -0.306. The van der Waals surface area contributed by atoms with Gasteiger partial charge >= 0.3 is 0 Å². The van der Waals surface area contributed by atoms with Crippen LogP contribution in [0.3, 0.4) is 0 Å². The normalized spacial score (nSPS) is 21.2. The predicted molar refractivity (Wildman–Crippen MR) is 243 cm³/mol. The number of piperidine rings is 2. The highest BCUT2D eigenvalue weighted by molar-refractivity contribution is 7.21. The number of piperazine rings is 1. The lowest BCUT2D eigenvalue weighted by Crippen LogP contribution is -2.54. The zero-order valence-corrected chi connectivity index (χ0v) is 38.0. The lowest BCUT2D eigenvalue weighted by molar-refractivity contribution is -0.136. The van der Waals surface area contributed by atoms with Crippen molar-refractivity contribution in [3.8, 4) is 22.6 Å². The summed E-state index contributed by atoms with van der Waals surface area (Å²) in [6.45, 7) is 8.66. The number of ether oxygens (including phenoxy) is 2. The summed E-state index contributed by atoms with van der Waals surface area (Å²) in [5, 5.41) is 5.97. The van der Waals surface area contributed by atoms with E-state index in [4.69, 9.17) is 9.47 Å². The fourth-order valence-corrected chi connectivity index (χ4v) is 11.3. The van der Waals surface area contributed by atoms with Crippen LogP contribution in [0.15, 0.2) is 47.4 Å². The van der Waals surface area contributed by atoms with Gasteiger partial charge < -0.3 is 34.1 Å². The highest BCUT2D eigenvalue weighted by atomic mass is 32.1. The average Bonchev–Trinajstić information content (AvgIpc) is 3.63. The number of thiophene rings is 1. The van der Waals surface area contributed by atoms with Crippen molar-refractivity contribution in [2.75, 3.05) is 92.1 Å². The number of hydrogen-bond donors (Lipinski definition) is 2. The summed E-state index contributed by atoms with van der Waals surface area (Å²) in [5.41, 5.74) is 4.21. The summed E-state index contributed by atoms with van der Waals surface area (Å²) in [7, 11) is 8.99. The number of aryl methyl sites for hydroxylation is 1. The molecule has 1 spiro atoms. The van der Waals surface area contributed by atoms with E-state index in [2.05, 4.69) is 30.2 Å². The van der Waals surface area contributed by atoms with E-state index in [-0.39, 0.29) is 29.7 Å². The van der Waals surface area contributed by atoms with E-state index in [1.165, 1.54) is 11.3 Å². The molecule has 1 aliphatic carbocycles. The molecule has 4 fully saturated rings. The quantitative estimate of drug-likeness (QED) is 0.188. The van der Waals surface area contributed by atoms with Crippen LogP contribution in [0.2, 0.25) is 0 Å². The summed E-state index contributed by atoms with van der Waals surface area (Å²) in [6.07, 6.45) is 5.39. The van der Waals surface area contributed by atoms with E-state index < -0.39 is 29.7 Å². The maximum Gasteiger partial charge on any atom is 0.262 e. The molecule has 5 aliphatic rings. The lowest BCUT2D eigenvalue weighted by atomic mass is 9.91. The first-order valence-corrected chi connectivity index (χ1v) is 23.0. The summed E-state index contributed by atoms with van der Waals surface area (Å²) in [4.78, 5) is 88.4. The van der Waals surface area contributed by atoms with E-state index in [0.29, 0.717) is 51.9 Å². The van der Waals surface area contributed by atoms with Crippen LogP contribution in [-0.4, -0.2) is 147 Å². The molecule has 4 aliphatic heterocycles. The largest absolute Gasteiger partial charge is 0.496 e. The molecule has 2 aromatic heterocycles. The molecule has 2 atom stereocenters. The molecule has 3 saturated heterocycles. The van der Waals surface area contributed by atoms with Crippen LogP contribution in [-0.2, 0) is 23.2 Å². The molecule has 17 heteroatoms. The van der Waals surface area contributed by atoms with Crippen LogP contribution >= 0.6 is 11.3 Å². The minimum absolute atomic E-state index is 0.0890. The predicted octanol–water partition coefficient (Wildman–Crippen LogP) is 3.40. The Balaban J connectivity index is 0.746. The number of anilines is 1. The Bertz CT molecular complexity index is 2580. The third-order valence-electron chi connectivity index (χ3n) is 14.1. The second-order valence-corrected chi connectivity index (χ2v) is 19.3. The zero-order valence-electron chi connectivity index (χ0n) is 37.2. The molecule has 16 nitrogen and oxygen atoms in total. The second-order valence-electron chi connectivity index (χ2n) is 18.2. The SMILES string of the molecule is COc1cc(-c2cn(C)c(=O)c3cc(C(=O)NCC4CC45CCN(CCN4CCN(c6ccc7c(c6)C(=O)N(C6CCC(=O)NC6=O)C7=O)CC4)CC5)sc23)cc(OC)c1CN(C)C. The van der Waals surface area contributed by atoms with Crippen molar-refractivity contribution >= 4 is 56.6 Å². The molecular weight excluding hydrogens is 837 g/mol. The first-order valence-electron chi connectivity index (χ1n) is 22.1. The van der Waals surface area contributed by atoms with Gasteiger partial charge in [-0.2, -0.15) is 0 Å². The van der Waals surface area contributed by atoms with E-state index in [1.807, 2.05) is 38.5 Å². The fraction of sp³-hybridized carbons (Fsp3) is 0.489. The number of benzene rings is 2. The van der Waals surface area contributed by atoms with Gasteiger partial charge in [-0.3, -0.25) is 43.9 Å². The number of carbonyl (C=O) groups excluding carboxylic acids is 5. The maximum absolute atomic E-state index is 13.6.